The Morgan fingerprint density at radius 2 is 1.86 bits per heavy atom. The minimum atomic E-state index is -0.529. The SMILES string of the molecule is COc1ccc(C(=O)N2CCC(NC(=O)C(C)Cl)CC2)cc1. The highest BCUT2D eigenvalue weighted by atomic mass is 35.5. The first-order valence-electron chi connectivity index (χ1n) is 7.39. The number of alkyl halides is 1. The molecule has 5 nitrogen and oxygen atoms in total. The average Bonchev–Trinajstić information content (AvgIpc) is 2.55. The van der Waals surface area contributed by atoms with Gasteiger partial charge in [0.25, 0.3) is 5.91 Å². The fraction of sp³-hybridized carbons (Fsp3) is 0.500. The van der Waals surface area contributed by atoms with Crippen LogP contribution >= 0.6 is 11.6 Å². The molecule has 1 fully saturated rings. The summed E-state index contributed by atoms with van der Waals surface area (Å²) in [4.78, 5) is 25.8. The van der Waals surface area contributed by atoms with Crippen LogP contribution in [0.5, 0.6) is 5.75 Å². The van der Waals surface area contributed by atoms with Crippen molar-refractivity contribution in [1.29, 1.82) is 0 Å². The van der Waals surface area contributed by atoms with E-state index >= 15 is 0 Å². The number of hydrogen-bond acceptors (Lipinski definition) is 3. The van der Waals surface area contributed by atoms with Gasteiger partial charge in [0.1, 0.15) is 11.1 Å². The molecule has 0 bridgehead atoms. The number of hydrogen-bond donors (Lipinski definition) is 1. The zero-order valence-corrected chi connectivity index (χ0v) is 13.6. The molecule has 0 saturated carbocycles. The van der Waals surface area contributed by atoms with Crippen LogP contribution in [-0.2, 0) is 4.79 Å². The van der Waals surface area contributed by atoms with Crippen LogP contribution in [0.15, 0.2) is 24.3 Å². The molecule has 0 aliphatic carbocycles. The van der Waals surface area contributed by atoms with Crippen molar-refractivity contribution in [3.05, 3.63) is 29.8 Å². The molecule has 1 N–H and O–H groups in total. The molecule has 1 aliphatic rings. The fourth-order valence-electron chi connectivity index (χ4n) is 2.46. The highest BCUT2D eigenvalue weighted by Gasteiger charge is 2.25. The lowest BCUT2D eigenvalue weighted by Gasteiger charge is -2.32. The Kier molecular flexibility index (Phi) is 5.66. The van der Waals surface area contributed by atoms with Crippen molar-refractivity contribution < 1.29 is 14.3 Å². The van der Waals surface area contributed by atoms with E-state index in [0.29, 0.717) is 18.7 Å². The fourth-order valence-corrected chi connectivity index (χ4v) is 2.52. The second-order valence-corrected chi connectivity index (χ2v) is 6.07. The molecule has 6 heteroatoms. The molecule has 0 aromatic heterocycles. The number of amides is 2. The number of likely N-dealkylation sites (tertiary alicyclic amines) is 1. The smallest absolute Gasteiger partial charge is 0.253 e. The van der Waals surface area contributed by atoms with Gasteiger partial charge in [-0.25, -0.2) is 0 Å². The number of ether oxygens (including phenoxy) is 1. The Hall–Kier alpha value is -1.75. The molecule has 2 amide bonds. The topological polar surface area (TPSA) is 58.6 Å². The number of carbonyl (C=O) groups is 2. The molecular weight excluding hydrogens is 304 g/mol. The number of nitrogens with zero attached hydrogens (tertiary/aromatic N) is 1. The second kappa shape index (κ2) is 7.49. The number of piperidine rings is 1. The van der Waals surface area contributed by atoms with Crippen molar-refractivity contribution in [3.63, 3.8) is 0 Å². The Morgan fingerprint density at radius 1 is 1.27 bits per heavy atom. The molecule has 1 heterocycles. The molecular formula is C16H21ClN2O3. The summed E-state index contributed by atoms with van der Waals surface area (Å²) < 4.78 is 5.09. The lowest BCUT2D eigenvalue weighted by atomic mass is 10.0. The number of carbonyl (C=O) groups excluding carboxylic acids is 2. The standard InChI is InChI=1S/C16H21ClN2O3/c1-11(17)15(20)18-13-7-9-19(10-8-13)16(21)12-3-5-14(22-2)6-4-12/h3-6,11,13H,7-10H2,1-2H3,(H,18,20). The molecule has 1 atom stereocenters. The maximum Gasteiger partial charge on any atom is 0.253 e. The van der Waals surface area contributed by atoms with E-state index in [1.807, 2.05) is 4.90 Å². The van der Waals surface area contributed by atoms with Crippen LogP contribution in [-0.4, -0.2) is 48.3 Å². The molecule has 0 spiro atoms. The minimum absolute atomic E-state index is 0.0122. The summed E-state index contributed by atoms with van der Waals surface area (Å²) in [5.74, 6) is 0.591. The van der Waals surface area contributed by atoms with Gasteiger partial charge in [0.2, 0.25) is 5.91 Å². The number of halogens is 1. The van der Waals surface area contributed by atoms with Crippen molar-refractivity contribution in [1.82, 2.24) is 10.2 Å². The van der Waals surface area contributed by atoms with E-state index in [9.17, 15) is 9.59 Å². The summed E-state index contributed by atoms with van der Waals surface area (Å²) in [5.41, 5.74) is 0.651. The summed E-state index contributed by atoms with van der Waals surface area (Å²) in [6, 6.07) is 7.19. The molecule has 1 aromatic rings. The number of benzene rings is 1. The zero-order valence-electron chi connectivity index (χ0n) is 12.8. The van der Waals surface area contributed by atoms with Crippen molar-refractivity contribution in [2.75, 3.05) is 20.2 Å². The lowest BCUT2D eigenvalue weighted by Crippen LogP contribution is -2.47. The van der Waals surface area contributed by atoms with E-state index in [-0.39, 0.29) is 17.9 Å². The molecule has 1 aliphatic heterocycles. The first-order chi connectivity index (χ1) is 10.5. The Balaban J connectivity index is 1.87. The summed E-state index contributed by atoms with van der Waals surface area (Å²) in [6.07, 6.45) is 1.49. The highest BCUT2D eigenvalue weighted by molar-refractivity contribution is 6.30. The third kappa shape index (κ3) is 4.13. The van der Waals surface area contributed by atoms with E-state index in [1.54, 1.807) is 38.3 Å². The third-order valence-corrected chi connectivity index (χ3v) is 4.03. The van der Waals surface area contributed by atoms with Crippen LogP contribution in [0.3, 0.4) is 0 Å². The predicted octanol–water partition coefficient (Wildman–Crippen LogP) is 2.04. The van der Waals surface area contributed by atoms with Crippen LogP contribution in [0.25, 0.3) is 0 Å². The van der Waals surface area contributed by atoms with Gasteiger partial charge in [0.05, 0.1) is 7.11 Å². The molecule has 1 saturated heterocycles. The first kappa shape index (κ1) is 16.6. The Morgan fingerprint density at radius 3 is 2.36 bits per heavy atom. The Bertz CT molecular complexity index is 523. The predicted molar refractivity (Wildman–Crippen MR) is 85.4 cm³/mol. The summed E-state index contributed by atoms with van der Waals surface area (Å²) in [6.45, 7) is 2.91. The van der Waals surface area contributed by atoms with Crippen molar-refractivity contribution in [3.8, 4) is 5.75 Å². The summed E-state index contributed by atoms with van der Waals surface area (Å²) in [7, 11) is 1.59. The van der Waals surface area contributed by atoms with Crippen molar-refractivity contribution >= 4 is 23.4 Å². The summed E-state index contributed by atoms with van der Waals surface area (Å²) in [5, 5.41) is 2.38. The van der Waals surface area contributed by atoms with Gasteiger partial charge in [-0.15, -0.1) is 11.6 Å². The molecule has 120 valence electrons. The van der Waals surface area contributed by atoms with Gasteiger partial charge in [-0.3, -0.25) is 9.59 Å². The zero-order chi connectivity index (χ0) is 16.1. The quantitative estimate of drug-likeness (QED) is 0.862. The lowest BCUT2D eigenvalue weighted by molar-refractivity contribution is -0.121. The van der Waals surface area contributed by atoms with Gasteiger partial charge < -0.3 is 15.0 Å². The minimum Gasteiger partial charge on any atom is -0.497 e. The maximum atomic E-state index is 12.4. The van der Waals surface area contributed by atoms with Crippen molar-refractivity contribution in [2.45, 2.75) is 31.2 Å². The second-order valence-electron chi connectivity index (χ2n) is 5.42. The van der Waals surface area contributed by atoms with E-state index in [2.05, 4.69) is 5.32 Å². The normalized spacial score (nSPS) is 17.0. The average molecular weight is 325 g/mol. The molecule has 1 aromatic carbocycles. The van der Waals surface area contributed by atoms with Gasteiger partial charge in [0.15, 0.2) is 0 Å². The van der Waals surface area contributed by atoms with Crippen molar-refractivity contribution in [2.24, 2.45) is 0 Å². The van der Waals surface area contributed by atoms with E-state index in [1.165, 1.54) is 0 Å². The van der Waals surface area contributed by atoms with E-state index in [0.717, 1.165) is 18.6 Å². The summed E-state index contributed by atoms with van der Waals surface area (Å²) >= 11 is 5.74. The molecule has 22 heavy (non-hydrogen) atoms. The van der Waals surface area contributed by atoms with Gasteiger partial charge in [0, 0.05) is 24.7 Å². The molecule has 0 radical (unpaired) electrons. The largest absolute Gasteiger partial charge is 0.497 e. The Labute approximate surface area is 135 Å². The van der Waals surface area contributed by atoms with Crippen LogP contribution in [0, 0.1) is 0 Å². The number of methoxy groups -OCH3 is 1. The van der Waals surface area contributed by atoms with Gasteiger partial charge in [-0.05, 0) is 44.0 Å². The highest BCUT2D eigenvalue weighted by Crippen LogP contribution is 2.17. The van der Waals surface area contributed by atoms with Crippen LogP contribution in [0.2, 0.25) is 0 Å². The first-order valence-corrected chi connectivity index (χ1v) is 7.82. The van der Waals surface area contributed by atoms with Gasteiger partial charge >= 0.3 is 0 Å². The van der Waals surface area contributed by atoms with Crippen LogP contribution in [0.1, 0.15) is 30.1 Å². The maximum absolute atomic E-state index is 12.4. The number of rotatable bonds is 4. The molecule has 2 rings (SSSR count). The monoisotopic (exact) mass is 324 g/mol. The molecule has 1 unspecified atom stereocenters. The van der Waals surface area contributed by atoms with E-state index in [4.69, 9.17) is 16.3 Å². The van der Waals surface area contributed by atoms with Gasteiger partial charge in [-0.2, -0.15) is 0 Å². The van der Waals surface area contributed by atoms with Crippen LogP contribution in [0.4, 0.5) is 0 Å². The number of nitrogens with one attached hydrogen (secondary N) is 1. The van der Waals surface area contributed by atoms with E-state index < -0.39 is 5.38 Å². The van der Waals surface area contributed by atoms with Gasteiger partial charge in [-0.1, -0.05) is 0 Å². The third-order valence-electron chi connectivity index (χ3n) is 3.83. The van der Waals surface area contributed by atoms with Crippen LogP contribution < -0.4 is 10.1 Å².